The molecule has 1 N–H and O–H groups in total. The van der Waals surface area contributed by atoms with Gasteiger partial charge in [0.2, 0.25) is 11.9 Å². The van der Waals surface area contributed by atoms with E-state index in [0.29, 0.717) is 11.0 Å². The van der Waals surface area contributed by atoms with E-state index in [1.54, 1.807) is 24.3 Å². The van der Waals surface area contributed by atoms with Crippen LogP contribution in [0.3, 0.4) is 0 Å². The largest absolute Gasteiger partial charge is 0.327 e. The number of aryl methyl sites for hydroxylation is 1. The predicted molar refractivity (Wildman–Crippen MR) is 114 cm³/mol. The highest BCUT2D eigenvalue weighted by Crippen LogP contribution is 2.28. The third-order valence-electron chi connectivity index (χ3n) is 5.42. The molecule has 0 aliphatic carbocycles. The van der Waals surface area contributed by atoms with Crippen LogP contribution in [0.1, 0.15) is 12.8 Å². The van der Waals surface area contributed by atoms with E-state index in [4.69, 9.17) is 16.6 Å². The number of halogens is 1. The summed E-state index contributed by atoms with van der Waals surface area (Å²) < 4.78 is 2.02. The Morgan fingerprint density at radius 2 is 1.93 bits per heavy atom. The zero-order valence-electron chi connectivity index (χ0n) is 15.8. The van der Waals surface area contributed by atoms with E-state index >= 15 is 0 Å². The van der Waals surface area contributed by atoms with Gasteiger partial charge in [-0.05, 0) is 43.2 Å². The van der Waals surface area contributed by atoms with Crippen LogP contribution in [0, 0.1) is 0 Å². The summed E-state index contributed by atoms with van der Waals surface area (Å²) in [5, 5.41) is 13.4. The van der Waals surface area contributed by atoms with Gasteiger partial charge in [0.25, 0.3) is 0 Å². The van der Waals surface area contributed by atoms with Crippen molar-refractivity contribution >= 4 is 51.2 Å². The molecule has 1 aliphatic rings. The Bertz CT molecular complexity index is 1220. The minimum absolute atomic E-state index is 0.0782. The van der Waals surface area contributed by atoms with Gasteiger partial charge < -0.3 is 14.8 Å². The molecule has 5 rings (SSSR count). The summed E-state index contributed by atoms with van der Waals surface area (Å²) in [4.78, 5) is 19.6. The Hall–Kier alpha value is -3.19. The fourth-order valence-electron chi connectivity index (χ4n) is 3.96. The molecule has 1 amide bonds. The predicted octanol–water partition coefficient (Wildman–Crippen LogP) is 3.78. The van der Waals surface area contributed by atoms with E-state index in [-0.39, 0.29) is 11.9 Å². The van der Waals surface area contributed by atoms with E-state index in [2.05, 4.69) is 15.5 Å². The second kappa shape index (κ2) is 7.00. The standard InChI is InChI=1S/C21H19ClN6O/c1-27-16-6-3-2-5-15(16)18-19(27)24-21(26-25-18)28-12-4-7-17(28)20(29)23-14-10-8-13(22)9-11-14/h2-3,5-6,8-11,17H,4,7,12H2,1H3,(H,23,29)/t17-/m1/s1. The average molecular weight is 407 g/mol. The first-order valence-corrected chi connectivity index (χ1v) is 9.90. The zero-order valence-corrected chi connectivity index (χ0v) is 16.6. The highest BCUT2D eigenvalue weighted by Gasteiger charge is 2.33. The number of carbonyl (C=O) groups excluding carboxylic acids is 1. The molecule has 0 bridgehead atoms. The highest BCUT2D eigenvalue weighted by atomic mass is 35.5. The number of hydrogen-bond donors (Lipinski definition) is 1. The van der Waals surface area contributed by atoms with Gasteiger partial charge in [0.15, 0.2) is 5.65 Å². The van der Waals surface area contributed by atoms with Gasteiger partial charge in [-0.25, -0.2) is 0 Å². The van der Waals surface area contributed by atoms with E-state index in [1.807, 2.05) is 40.8 Å². The summed E-state index contributed by atoms with van der Waals surface area (Å²) in [6.45, 7) is 0.718. The molecule has 0 spiro atoms. The number of nitrogens with one attached hydrogen (secondary N) is 1. The van der Waals surface area contributed by atoms with Crippen molar-refractivity contribution in [2.24, 2.45) is 7.05 Å². The molecular weight excluding hydrogens is 388 g/mol. The number of amides is 1. The molecule has 29 heavy (non-hydrogen) atoms. The quantitative estimate of drug-likeness (QED) is 0.560. The van der Waals surface area contributed by atoms with Crippen molar-refractivity contribution in [3.63, 3.8) is 0 Å². The molecule has 1 fully saturated rings. The van der Waals surface area contributed by atoms with Gasteiger partial charge in [0.1, 0.15) is 11.6 Å². The normalized spacial score (nSPS) is 16.6. The second-order valence-electron chi connectivity index (χ2n) is 7.21. The minimum Gasteiger partial charge on any atom is -0.327 e. The van der Waals surface area contributed by atoms with E-state index in [1.165, 1.54) is 0 Å². The lowest BCUT2D eigenvalue weighted by molar-refractivity contribution is -0.117. The number of nitrogens with zero attached hydrogens (tertiary/aromatic N) is 5. The molecular formula is C21H19ClN6O. The summed E-state index contributed by atoms with van der Waals surface area (Å²) in [7, 11) is 1.97. The first-order valence-electron chi connectivity index (χ1n) is 9.53. The summed E-state index contributed by atoms with van der Waals surface area (Å²) in [5.41, 5.74) is 3.31. The van der Waals surface area contributed by atoms with Gasteiger partial charge >= 0.3 is 0 Å². The number of para-hydroxylation sites is 1. The Labute approximate surface area is 172 Å². The first kappa shape index (κ1) is 17.9. The number of hydrogen-bond acceptors (Lipinski definition) is 5. The van der Waals surface area contributed by atoms with Crippen LogP contribution in [0.5, 0.6) is 0 Å². The fraction of sp³-hybridized carbons (Fsp3) is 0.238. The lowest BCUT2D eigenvalue weighted by Gasteiger charge is -2.23. The molecule has 0 unspecified atom stereocenters. The Morgan fingerprint density at radius 1 is 1.14 bits per heavy atom. The van der Waals surface area contributed by atoms with Gasteiger partial charge in [-0.3, -0.25) is 4.79 Å². The molecule has 8 heteroatoms. The maximum absolute atomic E-state index is 12.9. The van der Waals surface area contributed by atoms with E-state index in [9.17, 15) is 4.79 Å². The third kappa shape index (κ3) is 3.07. The second-order valence-corrected chi connectivity index (χ2v) is 7.64. The molecule has 2 aromatic heterocycles. The average Bonchev–Trinajstić information content (AvgIpc) is 3.34. The summed E-state index contributed by atoms with van der Waals surface area (Å²) in [5.74, 6) is 0.405. The van der Waals surface area contributed by atoms with Gasteiger partial charge in [0, 0.05) is 29.7 Å². The number of anilines is 2. The molecule has 1 aliphatic heterocycles. The molecule has 2 aromatic carbocycles. The van der Waals surface area contributed by atoms with Crippen LogP contribution >= 0.6 is 11.6 Å². The molecule has 146 valence electrons. The summed E-state index contributed by atoms with van der Waals surface area (Å²) in [6.07, 6.45) is 1.64. The highest BCUT2D eigenvalue weighted by molar-refractivity contribution is 6.30. The van der Waals surface area contributed by atoms with Crippen LogP contribution in [0.4, 0.5) is 11.6 Å². The summed E-state index contributed by atoms with van der Waals surface area (Å²) >= 11 is 5.92. The fourth-order valence-corrected chi connectivity index (χ4v) is 4.08. The third-order valence-corrected chi connectivity index (χ3v) is 5.67. The number of rotatable bonds is 3. The molecule has 3 heterocycles. The monoisotopic (exact) mass is 406 g/mol. The van der Waals surface area contributed by atoms with Gasteiger partial charge in [0.05, 0.1) is 5.52 Å². The van der Waals surface area contributed by atoms with Crippen molar-refractivity contribution in [3.8, 4) is 0 Å². The van der Waals surface area contributed by atoms with Crippen LogP contribution in [-0.4, -0.2) is 38.2 Å². The van der Waals surface area contributed by atoms with Crippen molar-refractivity contribution < 1.29 is 4.79 Å². The van der Waals surface area contributed by atoms with Crippen LogP contribution in [0.2, 0.25) is 5.02 Å². The number of fused-ring (bicyclic) bond motifs is 3. The van der Waals surface area contributed by atoms with Crippen molar-refractivity contribution in [3.05, 3.63) is 53.6 Å². The van der Waals surface area contributed by atoms with Crippen LogP contribution < -0.4 is 10.2 Å². The Morgan fingerprint density at radius 3 is 2.76 bits per heavy atom. The molecule has 7 nitrogen and oxygen atoms in total. The Kier molecular flexibility index (Phi) is 4.32. The summed E-state index contributed by atoms with van der Waals surface area (Å²) in [6, 6.07) is 14.8. The Balaban J connectivity index is 1.46. The van der Waals surface area contributed by atoms with Crippen LogP contribution in [0.15, 0.2) is 48.5 Å². The van der Waals surface area contributed by atoms with Crippen molar-refractivity contribution in [1.82, 2.24) is 19.7 Å². The van der Waals surface area contributed by atoms with Gasteiger partial charge in [-0.15, -0.1) is 10.2 Å². The maximum atomic E-state index is 12.9. The lowest BCUT2D eigenvalue weighted by Crippen LogP contribution is -2.40. The number of benzene rings is 2. The SMILES string of the molecule is Cn1c2ccccc2c2nnc(N3CCC[C@@H]3C(=O)Nc3ccc(Cl)cc3)nc21. The molecule has 1 saturated heterocycles. The topological polar surface area (TPSA) is 75.9 Å². The maximum Gasteiger partial charge on any atom is 0.248 e. The molecule has 4 aromatic rings. The first-order chi connectivity index (χ1) is 14.1. The van der Waals surface area contributed by atoms with E-state index in [0.717, 1.165) is 47.1 Å². The molecule has 1 atom stereocenters. The molecule has 0 saturated carbocycles. The van der Waals surface area contributed by atoms with E-state index < -0.39 is 0 Å². The lowest BCUT2D eigenvalue weighted by atomic mass is 10.2. The van der Waals surface area contributed by atoms with Gasteiger partial charge in [-0.1, -0.05) is 29.8 Å². The minimum atomic E-state index is -0.334. The number of aromatic nitrogens is 4. The van der Waals surface area contributed by atoms with Crippen LogP contribution in [0.25, 0.3) is 22.1 Å². The van der Waals surface area contributed by atoms with Crippen molar-refractivity contribution in [2.75, 3.05) is 16.8 Å². The van der Waals surface area contributed by atoms with Crippen molar-refractivity contribution in [2.45, 2.75) is 18.9 Å². The number of carbonyl (C=O) groups is 1. The smallest absolute Gasteiger partial charge is 0.248 e. The van der Waals surface area contributed by atoms with Crippen molar-refractivity contribution in [1.29, 1.82) is 0 Å². The van der Waals surface area contributed by atoms with Gasteiger partial charge in [-0.2, -0.15) is 4.98 Å². The molecule has 0 radical (unpaired) electrons. The zero-order chi connectivity index (χ0) is 20.0. The van der Waals surface area contributed by atoms with Crippen LogP contribution in [-0.2, 0) is 11.8 Å².